The van der Waals surface area contributed by atoms with Gasteiger partial charge in [-0.1, -0.05) is 26.2 Å². The first kappa shape index (κ1) is 14.3. The molecule has 1 N–H and O–H groups in total. The van der Waals surface area contributed by atoms with Crippen molar-refractivity contribution in [1.29, 1.82) is 0 Å². The molecule has 2 rings (SSSR count). The summed E-state index contributed by atoms with van der Waals surface area (Å²) in [7, 11) is 1.82. The third-order valence-electron chi connectivity index (χ3n) is 4.88. The van der Waals surface area contributed by atoms with Crippen molar-refractivity contribution >= 4 is 0 Å². The van der Waals surface area contributed by atoms with Crippen LogP contribution >= 0.6 is 0 Å². The van der Waals surface area contributed by atoms with Crippen molar-refractivity contribution in [3.05, 3.63) is 0 Å². The lowest BCUT2D eigenvalue weighted by Gasteiger charge is -2.28. The molecule has 2 aliphatic rings. The molecule has 3 atom stereocenters. The predicted molar refractivity (Wildman–Crippen MR) is 73.8 cm³/mol. The van der Waals surface area contributed by atoms with Gasteiger partial charge in [0.2, 0.25) is 0 Å². The number of ether oxygens (including phenoxy) is 2. The molecule has 2 fully saturated rings. The lowest BCUT2D eigenvalue weighted by Crippen LogP contribution is -2.46. The van der Waals surface area contributed by atoms with Gasteiger partial charge in [-0.15, -0.1) is 0 Å². The van der Waals surface area contributed by atoms with Crippen LogP contribution in [0.1, 0.15) is 51.9 Å². The second-order valence-corrected chi connectivity index (χ2v) is 6.05. The van der Waals surface area contributed by atoms with Crippen LogP contribution in [-0.2, 0) is 9.47 Å². The van der Waals surface area contributed by atoms with Gasteiger partial charge < -0.3 is 14.8 Å². The molecule has 0 amide bonds. The Labute approximate surface area is 112 Å². The average Bonchev–Trinajstić information content (AvgIpc) is 2.76. The fraction of sp³-hybridized carbons (Fsp3) is 1.00. The first-order chi connectivity index (χ1) is 8.78. The summed E-state index contributed by atoms with van der Waals surface area (Å²) in [6.45, 7) is 4.87. The van der Waals surface area contributed by atoms with Gasteiger partial charge in [-0.2, -0.15) is 0 Å². The molecule has 0 aromatic heterocycles. The Morgan fingerprint density at radius 3 is 2.83 bits per heavy atom. The zero-order valence-corrected chi connectivity index (χ0v) is 12.0. The summed E-state index contributed by atoms with van der Waals surface area (Å²) in [5.41, 5.74) is -0.0591. The second kappa shape index (κ2) is 6.88. The molecular weight excluding hydrogens is 226 g/mol. The van der Waals surface area contributed by atoms with E-state index in [9.17, 15) is 0 Å². The van der Waals surface area contributed by atoms with Crippen molar-refractivity contribution in [3.8, 4) is 0 Å². The highest BCUT2D eigenvalue weighted by molar-refractivity contribution is 4.88. The number of hydrogen-bond donors (Lipinski definition) is 1. The van der Waals surface area contributed by atoms with Gasteiger partial charge in [0.25, 0.3) is 0 Å². The van der Waals surface area contributed by atoms with Gasteiger partial charge in [0.05, 0.1) is 6.61 Å². The summed E-state index contributed by atoms with van der Waals surface area (Å²) >= 11 is 0. The van der Waals surface area contributed by atoms with Crippen LogP contribution in [0.25, 0.3) is 0 Å². The Balaban J connectivity index is 1.75. The molecule has 1 aliphatic heterocycles. The van der Waals surface area contributed by atoms with Crippen LogP contribution in [0, 0.1) is 5.92 Å². The topological polar surface area (TPSA) is 30.5 Å². The summed E-state index contributed by atoms with van der Waals surface area (Å²) in [5.74, 6) is 0.961. The van der Waals surface area contributed by atoms with Crippen LogP contribution in [-0.4, -0.2) is 38.5 Å². The van der Waals surface area contributed by atoms with Crippen molar-refractivity contribution in [3.63, 3.8) is 0 Å². The van der Waals surface area contributed by atoms with Crippen LogP contribution in [0.3, 0.4) is 0 Å². The molecule has 106 valence electrons. The fourth-order valence-electron chi connectivity index (χ4n) is 3.28. The quantitative estimate of drug-likeness (QED) is 0.766. The zero-order valence-electron chi connectivity index (χ0n) is 12.0. The Morgan fingerprint density at radius 2 is 2.17 bits per heavy atom. The lowest BCUT2D eigenvalue weighted by molar-refractivity contribution is -0.0177. The van der Waals surface area contributed by atoms with Crippen molar-refractivity contribution in [2.45, 2.75) is 63.5 Å². The smallest absolute Gasteiger partial charge is 0.106 e. The molecule has 1 heterocycles. The van der Waals surface area contributed by atoms with Crippen LogP contribution in [0.15, 0.2) is 0 Å². The molecule has 18 heavy (non-hydrogen) atoms. The minimum atomic E-state index is -0.0591. The molecular formula is C15H29NO2. The molecule has 0 aromatic rings. The van der Waals surface area contributed by atoms with E-state index < -0.39 is 0 Å². The first-order valence-corrected chi connectivity index (χ1v) is 7.64. The zero-order chi connectivity index (χ0) is 12.8. The van der Waals surface area contributed by atoms with E-state index in [0.29, 0.717) is 6.04 Å². The molecule has 1 saturated carbocycles. The summed E-state index contributed by atoms with van der Waals surface area (Å²) in [6, 6.07) is 0.689. The number of hydrogen-bond acceptors (Lipinski definition) is 3. The van der Waals surface area contributed by atoms with Gasteiger partial charge in [0.1, 0.15) is 5.60 Å². The Hall–Kier alpha value is -0.120. The molecule has 0 aromatic carbocycles. The Morgan fingerprint density at radius 1 is 1.28 bits per heavy atom. The third-order valence-corrected chi connectivity index (χ3v) is 4.88. The maximum Gasteiger partial charge on any atom is 0.106 e. The summed E-state index contributed by atoms with van der Waals surface area (Å²) in [4.78, 5) is 0. The Kier molecular flexibility index (Phi) is 5.46. The van der Waals surface area contributed by atoms with Gasteiger partial charge in [-0.05, 0) is 25.2 Å². The van der Waals surface area contributed by atoms with E-state index in [-0.39, 0.29) is 5.60 Å². The maximum atomic E-state index is 5.68. The first-order valence-electron chi connectivity index (χ1n) is 7.64. The summed E-state index contributed by atoms with van der Waals surface area (Å²) < 4.78 is 11.2. The lowest BCUT2D eigenvalue weighted by atomic mass is 9.97. The van der Waals surface area contributed by atoms with Gasteiger partial charge in [0, 0.05) is 32.7 Å². The summed E-state index contributed by atoms with van der Waals surface area (Å²) in [5, 5.41) is 3.73. The molecule has 3 unspecified atom stereocenters. The van der Waals surface area contributed by atoms with E-state index in [0.717, 1.165) is 32.1 Å². The highest BCUT2D eigenvalue weighted by Crippen LogP contribution is 2.27. The molecule has 1 aliphatic carbocycles. The average molecular weight is 255 g/mol. The summed E-state index contributed by atoms with van der Waals surface area (Å²) in [6.07, 6.45) is 9.24. The highest BCUT2D eigenvalue weighted by atomic mass is 16.5. The van der Waals surface area contributed by atoms with Crippen LogP contribution < -0.4 is 5.32 Å². The molecule has 0 bridgehead atoms. The highest BCUT2D eigenvalue weighted by Gasteiger charge is 2.35. The van der Waals surface area contributed by atoms with E-state index in [4.69, 9.17) is 9.47 Å². The largest absolute Gasteiger partial charge is 0.378 e. The van der Waals surface area contributed by atoms with Crippen LogP contribution in [0.5, 0.6) is 0 Å². The number of nitrogens with one attached hydrogen (secondary N) is 1. The van der Waals surface area contributed by atoms with E-state index in [1.54, 1.807) is 0 Å². The molecule has 1 saturated heterocycles. The minimum absolute atomic E-state index is 0.0591. The molecule has 0 spiro atoms. The van der Waals surface area contributed by atoms with Crippen molar-refractivity contribution in [2.24, 2.45) is 5.92 Å². The SMILES string of the molecule is CCC1CCCC(NCC2(OC)CCOC2)CC1. The second-order valence-electron chi connectivity index (χ2n) is 6.05. The molecule has 3 heteroatoms. The van der Waals surface area contributed by atoms with Crippen LogP contribution in [0.4, 0.5) is 0 Å². The van der Waals surface area contributed by atoms with E-state index in [2.05, 4.69) is 12.2 Å². The van der Waals surface area contributed by atoms with Crippen molar-refractivity contribution in [2.75, 3.05) is 26.9 Å². The van der Waals surface area contributed by atoms with E-state index in [1.807, 2.05) is 7.11 Å². The van der Waals surface area contributed by atoms with Gasteiger partial charge in [0.15, 0.2) is 0 Å². The monoisotopic (exact) mass is 255 g/mol. The molecule has 3 nitrogen and oxygen atoms in total. The van der Waals surface area contributed by atoms with E-state index >= 15 is 0 Å². The van der Waals surface area contributed by atoms with Crippen LogP contribution in [0.2, 0.25) is 0 Å². The fourth-order valence-corrected chi connectivity index (χ4v) is 3.28. The molecule has 0 radical (unpaired) electrons. The normalized spacial score (nSPS) is 37.7. The standard InChI is InChI=1S/C15H29NO2/c1-3-13-5-4-6-14(8-7-13)16-11-15(17-2)9-10-18-12-15/h13-14,16H,3-12H2,1-2H3. The van der Waals surface area contributed by atoms with Gasteiger partial charge in [-0.3, -0.25) is 0 Å². The van der Waals surface area contributed by atoms with Gasteiger partial charge in [-0.25, -0.2) is 0 Å². The minimum Gasteiger partial charge on any atom is -0.378 e. The van der Waals surface area contributed by atoms with Crippen molar-refractivity contribution < 1.29 is 9.47 Å². The van der Waals surface area contributed by atoms with E-state index in [1.165, 1.54) is 38.5 Å². The Bertz CT molecular complexity index is 239. The maximum absolute atomic E-state index is 5.68. The number of rotatable bonds is 5. The van der Waals surface area contributed by atoms with Crippen molar-refractivity contribution in [1.82, 2.24) is 5.32 Å². The number of methoxy groups -OCH3 is 1. The van der Waals surface area contributed by atoms with Gasteiger partial charge >= 0.3 is 0 Å². The predicted octanol–water partition coefficient (Wildman–Crippen LogP) is 2.74. The third kappa shape index (κ3) is 3.69.